The van der Waals surface area contributed by atoms with Gasteiger partial charge in [0.25, 0.3) is 11.8 Å². The molecule has 1 atom stereocenters. The molecule has 8 nitrogen and oxygen atoms in total. The number of anilines is 1. The van der Waals surface area contributed by atoms with Gasteiger partial charge in [-0.15, -0.1) is 0 Å². The average Bonchev–Trinajstić information content (AvgIpc) is 3.18. The van der Waals surface area contributed by atoms with Crippen LogP contribution in [-0.2, 0) is 25.5 Å². The zero-order valence-electron chi connectivity index (χ0n) is 16.9. The molecule has 31 heavy (non-hydrogen) atoms. The van der Waals surface area contributed by atoms with E-state index in [-0.39, 0.29) is 18.9 Å². The van der Waals surface area contributed by atoms with Crippen molar-refractivity contribution in [1.29, 1.82) is 0 Å². The van der Waals surface area contributed by atoms with Crippen molar-refractivity contribution in [1.82, 2.24) is 10.9 Å². The molecule has 3 amide bonds. The van der Waals surface area contributed by atoms with Crippen LogP contribution in [0.2, 0.25) is 5.02 Å². The van der Waals surface area contributed by atoms with Crippen molar-refractivity contribution >= 4 is 41.0 Å². The number of esters is 1. The number of ether oxygens (including phenoxy) is 1. The first-order valence-corrected chi connectivity index (χ1v) is 10.2. The fourth-order valence-electron chi connectivity index (χ4n) is 3.12. The zero-order valence-corrected chi connectivity index (χ0v) is 17.6. The Balaban J connectivity index is 1.44. The summed E-state index contributed by atoms with van der Waals surface area (Å²) in [6, 6.07) is 13.7. The number of nitrogens with zero attached hydrogens (tertiary/aromatic N) is 1. The van der Waals surface area contributed by atoms with Crippen molar-refractivity contribution in [2.75, 3.05) is 18.1 Å². The highest BCUT2D eigenvalue weighted by atomic mass is 35.5. The molecule has 0 aromatic heterocycles. The number of hydrazine groups is 1. The molecule has 1 aliphatic rings. The van der Waals surface area contributed by atoms with Crippen molar-refractivity contribution in [2.24, 2.45) is 5.92 Å². The number of carbonyl (C=O) groups excluding carboxylic acids is 4. The molecule has 2 aromatic rings. The summed E-state index contributed by atoms with van der Waals surface area (Å²) >= 11 is 5.76. The van der Waals surface area contributed by atoms with E-state index in [1.54, 1.807) is 12.1 Å². The predicted molar refractivity (Wildman–Crippen MR) is 114 cm³/mol. The van der Waals surface area contributed by atoms with Crippen LogP contribution >= 0.6 is 11.6 Å². The maximum atomic E-state index is 12.3. The molecule has 1 heterocycles. The van der Waals surface area contributed by atoms with Crippen molar-refractivity contribution in [3.8, 4) is 0 Å². The predicted octanol–water partition coefficient (Wildman–Crippen LogP) is 2.26. The minimum Gasteiger partial charge on any atom is -0.455 e. The second-order valence-corrected chi connectivity index (χ2v) is 7.48. The van der Waals surface area contributed by atoms with Gasteiger partial charge < -0.3 is 9.64 Å². The third-order valence-electron chi connectivity index (χ3n) is 4.88. The smallest absolute Gasteiger partial charge is 0.311 e. The summed E-state index contributed by atoms with van der Waals surface area (Å²) in [6.45, 7) is 1.66. The summed E-state index contributed by atoms with van der Waals surface area (Å²) in [7, 11) is 0. The van der Waals surface area contributed by atoms with Gasteiger partial charge >= 0.3 is 5.97 Å². The van der Waals surface area contributed by atoms with Crippen LogP contribution in [0.25, 0.3) is 0 Å². The Morgan fingerprint density at radius 1 is 1.06 bits per heavy atom. The van der Waals surface area contributed by atoms with Gasteiger partial charge in [-0.05, 0) is 48.4 Å². The molecule has 9 heteroatoms. The Bertz CT molecular complexity index is 976. The van der Waals surface area contributed by atoms with Gasteiger partial charge in [0, 0.05) is 29.2 Å². The number of hydrogen-bond donors (Lipinski definition) is 2. The molecule has 2 N–H and O–H groups in total. The van der Waals surface area contributed by atoms with E-state index >= 15 is 0 Å². The van der Waals surface area contributed by atoms with Gasteiger partial charge in [0.05, 0.1) is 5.92 Å². The number of amides is 3. The number of rotatable bonds is 6. The van der Waals surface area contributed by atoms with Gasteiger partial charge in [0.2, 0.25) is 5.91 Å². The van der Waals surface area contributed by atoms with Crippen molar-refractivity contribution in [3.05, 3.63) is 64.7 Å². The summed E-state index contributed by atoms with van der Waals surface area (Å²) in [4.78, 5) is 49.9. The molecule has 0 unspecified atom stereocenters. The first-order chi connectivity index (χ1) is 14.9. The Kier molecular flexibility index (Phi) is 7.25. The van der Waals surface area contributed by atoms with E-state index in [0.29, 0.717) is 10.6 Å². The molecule has 1 fully saturated rings. The lowest BCUT2D eigenvalue weighted by atomic mass is 10.1. The fourth-order valence-corrected chi connectivity index (χ4v) is 3.24. The fraction of sp³-hybridized carbons (Fsp3) is 0.273. The number of carbonyl (C=O) groups is 4. The van der Waals surface area contributed by atoms with Gasteiger partial charge in [-0.25, -0.2) is 0 Å². The van der Waals surface area contributed by atoms with Gasteiger partial charge in [0.1, 0.15) is 0 Å². The van der Waals surface area contributed by atoms with Gasteiger partial charge in [-0.1, -0.05) is 30.7 Å². The molecule has 0 bridgehead atoms. The maximum Gasteiger partial charge on any atom is 0.311 e. The molecule has 0 spiro atoms. The largest absolute Gasteiger partial charge is 0.455 e. The highest BCUT2D eigenvalue weighted by Crippen LogP contribution is 2.26. The number of benzene rings is 2. The summed E-state index contributed by atoms with van der Waals surface area (Å²) in [6.07, 6.45) is 0.911. The quantitative estimate of drug-likeness (QED) is 0.526. The molecule has 0 saturated carbocycles. The molecule has 3 rings (SSSR count). The van der Waals surface area contributed by atoms with E-state index in [2.05, 4.69) is 10.9 Å². The summed E-state index contributed by atoms with van der Waals surface area (Å²) < 4.78 is 5.01. The maximum absolute atomic E-state index is 12.3. The average molecular weight is 444 g/mol. The van der Waals surface area contributed by atoms with Crippen LogP contribution in [0, 0.1) is 5.92 Å². The molecule has 0 radical (unpaired) electrons. The second-order valence-electron chi connectivity index (χ2n) is 7.04. The van der Waals surface area contributed by atoms with E-state index in [4.69, 9.17) is 16.3 Å². The molecule has 0 aliphatic carbocycles. The summed E-state index contributed by atoms with van der Waals surface area (Å²) in [5, 5.41) is 0.481. The first-order valence-electron chi connectivity index (χ1n) is 9.78. The lowest BCUT2D eigenvalue weighted by Gasteiger charge is -2.17. The highest BCUT2D eigenvalue weighted by molar-refractivity contribution is 6.30. The van der Waals surface area contributed by atoms with Gasteiger partial charge in [-0.2, -0.15) is 0 Å². The molecular formula is C22H22ClN3O5. The van der Waals surface area contributed by atoms with Crippen molar-refractivity contribution < 1.29 is 23.9 Å². The molecule has 162 valence electrons. The van der Waals surface area contributed by atoms with Crippen LogP contribution in [0.1, 0.15) is 29.3 Å². The highest BCUT2D eigenvalue weighted by Gasteiger charge is 2.36. The van der Waals surface area contributed by atoms with E-state index in [9.17, 15) is 19.2 Å². The van der Waals surface area contributed by atoms with E-state index in [1.807, 2.05) is 31.2 Å². The van der Waals surface area contributed by atoms with Crippen LogP contribution in [0.15, 0.2) is 48.5 Å². The van der Waals surface area contributed by atoms with Crippen LogP contribution in [0.3, 0.4) is 0 Å². The van der Waals surface area contributed by atoms with E-state index < -0.39 is 30.3 Å². The van der Waals surface area contributed by atoms with E-state index in [1.165, 1.54) is 17.0 Å². The number of aryl methyl sites for hydroxylation is 1. The van der Waals surface area contributed by atoms with Crippen LogP contribution in [0.5, 0.6) is 0 Å². The minimum absolute atomic E-state index is 0.0171. The monoisotopic (exact) mass is 443 g/mol. The second kappa shape index (κ2) is 10.1. The van der Waals surface area contributed by atoms with Crippen molar-refractivity contribution in [2.45, 2.75) is 19.8 Å². The Hall–Kier alpha value is -3.39. The van der Waals surface area contributed by atoms with Crippen LogP contribution < -0.4 is 15.8 Å². The van der Waals surface area contributed by atoms with Gasteiger partial charge in [0.15, 0.2) is 6.61 Å². The Morgan fingerprint density at radius 2 is 1.74 bits per heavy atom. The van der Waals surface area contributed by atoms with Crippen LogP contribution in [0.4, 0.5) is 5.69 Å². The zero-order chi connectivity index (χ0) is 22.4. The topological polar surface area (TPSA) is 105 Å². The Morgan fingerprint density at radius 3 is 2.39 bits per heavy atom. The summed E-state index contributed by atoms with van der Waals surface area (Å²) in [5.41, 5.74) is 6.57. The lowest BCUT2D eigenvalue weighted by Crippen LogP contribution is -2.43. The lowest BCUT2D eigenvalue weighted by molar-refractivity contribution is -0.152. The molecule has 2 aromatic carbocycles. The third-order valence-corrected chi connectivity index (χ3v) is 5.13. The SMILES string of the molecule is CCc1ccc(N2C[C@@H](C(=O)OCC(=O)NNC(=O)c3ccc(Cl)cc3)CC2=O)cc1. The third kappa shape index (κ3) is 5.82. The molecule has 1 aliphatic heterocycles. The molecule has 1 saturated heterocycles. The van der Waals surface area contributed by atoms with E-state index in [0.717, 1.165) is 17.7 Å². The minimum atomic E-state index is -0.702. The number of hydrogen-bond acceptors (Lipinski definition) is 5. The number of nitrogens with one attached hydrogen (secondary N) is 2. The first kappa shape index (κ1) is 22.3. The van der Waals surface area contributed by atoms with Crippen LogP contribution in [-0.4, -0.2) is 36.8 Å². The van der Waals surface area contributed by atoms with Crippen molar-refractivity contribution in [3.63, 3.8) is 0 Å². The molecular weight excluding hydrogens is 422 g/mol. The standard InChI is InChI=1S/C22H22ClN3O5/c1-2-14-3-9-18(10-4-14)26-12-16(11-20(26)28)22(30)31-13-19(27)24-25-21(29)15-5-7-17(23)8-6-15/h3-10,16H,2,11-13H2,1H3,(H,24,27)(H,25,29)/t16-/m0/s1. The normalized spacial score (nSPS) is 15.5. The Labute approximate surface area is 184 Å². The number of halogens is 1. The summed E-state index contributed by atoms with van der Waals surface area (Å²) in [5.74, 6) is -2.71. The van der Waals surface area contributed by atoms with Gasteiger partial charge in [-0.3, -0.25) is 30.0 Å².